The lowest BCUT2D eigenvalue weighted by molar-refractivity contribution is -0.119. The number of nitrogens with one attached hydrogen (secondary N) is 1. The third-order valence-corrected chi connectivity index (χ3v) is 7.86. The molecule has 0 aliphatic heterocycles. The SMILES string of the molecule is O=C(CN(c1ccc(Cl)cc1Cl)S(=O)(=O)c1ccccc1)NCCCSc1ccccc1. The Bertz CT molecular complexity index is 1140. The summed E-state index contributed by atoms with van der Waals surface area (Å²) in [6.07, 6.45) is 0.748. The van der Waals surface area contributed by atoms with Crippen LogP contribution in [0.15, 0.2) is 88.7 Å². The summed E-state index contributed by atoms with van der Waals surface area (Å²) < 4.78 is 27.6. The van der Waals surface area contributed by atoms with Crippen molar-refractivity contribution in [1.82, 2.24) is 5.32 Å². The average Bonchev–Trinajstić information content (AvgIpc) is 2.79. The molecule has 0 aliphatic rings. The van der Waals surface area contributed by atoms with Crippen LogP contribution in [0.5, 0.6) is 0 Å². The number of rotatable bonds is 10. The van der Waals surface area contributed by atoms with Gasteiger partial charge in [-0.1, -0.05) is 59.6 Å². The first-order valence-electron chi connectivity index (χ1n) is 9.85. The Kier molecular flexibility index (Phi) is 8.87. The van der Waals surface area contributed by atoms with Gasteiger partial charge in [0.15, 0.2) is 0 Å². The first-order chi connectivity index (χ1) is 15.4. The molecule has 0 saturated carbocycles. The largest absolute Gasteiger partial charge is 0.354 e. The van der Waals surface area contributed by atoms with Gasteiger partial charge in [-0.05, 0) is 54.6 Å². The summed E-state index contributed by atoms with van der Waals surface area (Å²) in [4.78, 5) is 13.9. The van der Waals surface area contributed by atoms with Crippen molar-refractivity contribution in [1.29, 1.82) is 0 Å². The van der Waals surface area contributed by atoms with Gasteiger partial charge in [0.1, 0.15) is 6.54 Å². The number of hydrogen-bond donors (Lipinski definition) is 1. The van der Waals surface area contributed by atoms with Crippen LogP contribution in [0.1, 0.15) is 6.42 Å². The summed E-state index contributed by atoms with van der Waals surface area (Å²) in [6.45, 7) is 0.0383. The number of halogens is 2. The normalized spacial score (nSPS) is 11.2. The Balaban J connectivity index is 1.68. The standard InChI is InChI=1S/C23H22Cl2N2O3S2/c24-18-12-13-22(21(25)16-18)27(32(29,30)20-10-5-2-6-11-20)17-23(28)26-14-7-15-31-19-8-3-1-4-9-19/h1-6,8-13,16H,7,14-15,17H2,(H,26,28). The van der Waals surface area contributed by atoms with Crippen molar-refractivity contribution >= 4 is 56.6 Å². The number of carbonyl (C=O) groups excluding carboxylic acids is 1. The number of hydrogen-bond acceptors (Lipinski definition) is 4. The van der Waals surface area contributed by atoms with Crippen LogP contribution >= 0.6 is 35.0 Å². The van der Waals surface area contributed by atoms with E-state index in [1.807, 2.05) is 30.3 Å². The van der Waals surface area contributed by atoms with E-state index in [4.69, 9.17) is 23.2 Å². The number of carbonyl (C=O) groups is 1. The topological polar surface area (TPSA) is 66.5 Å². The Labute approximate surface area is 202 Å². The van der Waals surface area contributed by atoms with Gasteiger partial charge < -0.3 is 5.32 Å². The van der Waals surface area contributed by atoms with E-state index < -0.39 is 22.5 Å². The van der Waals surface area contributed by atoms with E-state index in [0.29, 0.717) is 11.6 Å². The molecule has 3 aromatic rings. The molecule has 3 aromatic carbocycles. The lowest BCUT2D eigenvalue weighted by Gasteiger charge is -2.25. The predicted octanol–water partition coefficient (Wildman–Crippen LogP) is 5.49. The molecule has 1 N–H and O–H groups in total. The summed E-state index contributed by atoms with van der Waals surface area (Å²) >= 11 is 13.9. The maximum absolute atomic E-state index is 13.3. The lowest BCUT2D eigenvalue weighted by Crippen LogP contribution is -2.41. The van der Waals surface area contributed by atoms with Gasteiger partial charge in [-0.25, -0.2) is 8.42 Å². The van der Waals surface area contributed by atoms with E-state index >= 15 is 0 Å². The monoisotopic (exact) mass is 508 g/mol. The Morgan fingerprint density at radius 1 is 0.938 bits per heavy atom. The zero-order valence-corrected chi connectivity index (χ0v) is 20.2. The summed E-state index contributed by atoms with van der Waals surface area (Å²) in [7, 11) is -4.01. The molecule has 0 radical (unpaired) electrons. The molecule has 0 atom stereocenters. The van der Waals surface area contributed by atoms with Crippen molar-refractivity contribution in [2.24, 2.45) is 0 Å². The van der Waals surface area contributed by atoms with Crippen LogP contribution in [0, 0.1) is 0 Å². The van der Waals surface area contributed by atoms with Crippen LogP contribution in [0.2, 0.25) is 10.0 Å². The predicted molar refractivity (Wildman–Crippen MR) is 132 cm³/mol. The fourth-order valence-electron chi connectivity index (χ4n) is 2.90. The average molecular weight is 509 g/mol. The zero-order valence-electron chi connectivity index (χ0n) is 17.1. The third kappa shape index (κ3) is 6.65. The highest BCUT2D eigenvalue weighted by Crippen LogP contribution is 2.32. The van der Waals surface area contributed by atoms with Crippen LogP contribution in [-0.2, 0) is 14.8 Å². The van der Waals surface area contributed by atoms with Gasteiger partial charge in [-0.2, -0.15) is 0 Å². The number of anilines is 1. The van der Waals surface area contributed by atoms with E-state index in [1.54, 1.807) is 30.0 Å². The van der Waals surface area contributed by atoms with E-state index in [0.717, 1.165) is 21.4 Å². The molecule has 0 unspecified atom stereocenters. The number of amides is 1. The maximum Gasteiger partial charge on any atom is 0.264 e. The smallest absolute Gasteiger partial charge is 0.264 e. The number of benzene rings is 3. The van der Waals surface area contributed by atoms with E-state index in [2.05, 4.69) is 5.32 Å². The van der Waals surface area contributed by atoms with Crippen molar-refractivity contribution in [2.75, 3.05) is 23.1 Å². The molecule has 0 heterocycles. The van der Waals surface area contributed by atoms with Crippen molar-refractivity contribution in [3.05, 3.63) is 88.9 Å². The summed E-state index contributed by atoms with van der Waals surface area (Å²) in [5.74, 6) is 0.416. The molecule has 168 valence electrons. The number of nitrogens with zero attached hydrogens (tertiary/aromatic N) is 1. The molecule has 0 saturated heterocycles. The minimum Gasteiger partial charge on any atom is -0.354 e. The van der Waals surface area contributed by atoms with Gasteiger partial charge in [0.2, 0.25) is 5.91 Å². The van der Waals surface area contributed by atoms with Crippen LogP contribution in [-0.4, -0.2) is 33.2 Å². The minimum absolute atomic E-state index is 0.0677. The van der Waals surface area contributed by atoms with Gasteiger partial charge in [-0.3, -0.25) is 9.10 Å². The molecule has 3 rings (SSSR count). The molecule has 0 bridgehead atoms. The van der Waals surface area contributed by atoms with E-state index in [1.165, 1.54) is 30.3 Å². The second-order valence-electron chi connectivity index (χ2n) is 6.79. The Morgan fingerprint density at radius 2 is 1.59 bits per heavy atom. The molecule has 32 heavy (non-hydrogen) atoms. The van der Waals surface area contributed by atoms with Gasteiger partial charge in [0.25, 0.3) is 10.0 Å². The van der Waals surface area contributed by atoms with Gasteiger partial charge in [0.05, 0.1) is 15.6 Å². The number of thioether (sulfide) groups is 1. The summed E-state index contributed by atoms with van der Waals surface area (Å²) in [5, 5.41) is 3.31. The second-order valence-corrected chi connectivity index (χ2v) is 10.7. The molecule has 9 heteroatoms. The van der Waals surface area contributed by atoms with E-state index in [-0.39, 0.29) is 15.6 Å². The zero-order chi connectivity index (χ0) is 23.0. The third-order valence-electron chi connectivity index (χ3n) is 4.45. The molecule has 0 spiro atoms. The molecule has 1 amide bonds. The van der Waals surface area contributed by atoms with Crippen LogP contribution in [0.3, 0.4) is 0 Å². The fraction of sp³-hybridized carbons (Fsp3) is 0.174. The Hall–Kier alpha value is -2.19. The van der Waals surface area contributed by atoms with Crippen LogP contribution in [0.25, 0.3) is 0 Å². The molecular formula is C23H22Cl2N2O3S2. The van der Waals surface area contributed by atoms with E-state index in [9.17, 15) is 13.2 Å². The molecule has 5 nitrogen and oxygen atoms in total. The minimum atomic E-state index is -4.01. The first-order valence-corrected chi connectivity index (χ1v) is 13.0. The molecule has 0 aliphatic carbocycles. The lowest BCUT2D eigenvalue weighted by atomic mass is 10.3. The first kappa shape index (κ1) is 24.5. The highest BCUT2D eigenvalue weighted by molar-refractivity contribution is 7.99. The molecule has 0 aromatic heterocycles. The van der Waals surface area contributed by atoms with Crippen LogP contribution in [0.4, 0.5) is 5.69 Å². The summed E-state index contributed by atoms with van der Waals surface area (Å²) in [6, 6.07) is 22.4. The maximum atomic E-state index is 13.3. The van der Waals surface area contributed by atoms with Gasteiger partial charge in [0, 0.05) is 16.5 Å². The van der Waals surface area contributed by atoms with Gasteiger partial charge in [-0.15, -0.1) is 11.8 Å². The molecular weight excluding hydrogens is 487 g/mol. The number of sulfonamides is 1. The summed E-state index contributed by atoms with van der Waals surface area (Å²) in [5.41, 5.74) is 0.190. The van der Waals surface area contributed by atoms with Crippen molar-refractivity contribution in [2.45, 2.75) is 16.2 Å². The Morgan fingerprint density at radius 3 is 2.25 bits per heavy atom. The molecule has 0 fully saturated rings. The van der Waals surface area contributed by atoms with Gasteiger partial charge >= 0.3 is 0 Å². The van der Waals surface area contributed by atoms with Crippen molar-refractivity contribution < 1.29 is 13.2 Å². The van der Waals surface area contributed by atoms with Crippen molar-refractivity contribution in [3.63, 3.8) is 0 Å². The van der Waals surface area contributed by atoms with Crippen LogP contribution < -0.4 is 9.62 Å². The quantitative estimate of drug-likeness (QED) is 0.290. The second kappa shape index (κ2) is 11.6. The highest BCUT2D eigenvalue weighted by atomic mass is 35.5. The fourth-order valence-corrected chi connectivity index (χ4v) is 5.79. The highest BCUT2D eigenvalue weighted by Gasteiger charge is 2.28. The van der Waals surface area contributed by atoms with Crippen molar-refractivity contribution in [3.8, 4) is 0 Å².